The summed E-state index contributed by atoms with van der Waals surface area (Å²) in [5.41, 5.74) is 6.22. The number of fused-ring (bicyclic) bond motifs is 2. The molecule has 4 amide bonds. The first-order valence-electron chi connectivity index (χ1n) is 29.9. The van der Waals surface area contributed by atoms with Gasteiger partial charge in [0.25, 0.3) is 0 Å². The first kappa shape index (κ1) is 65.5. The fourth-order valence-electron chi connectivity index (χ4n) is 12.1. The molecule has 6 aromatic heterocycles. The molecule has 0 spiro atoms. The quantitative estimate of drug-likeness (QED) is 0.0673. The number of ketones is 2. The van der Waals surface area contributed by atoms with Crippen LogP contribution in [-0.2, 0) is 19.1 Å². The molecule has 0 bridgehead atoms. The van der Waals surface area contributed by atoms with Gasteiger partial charge in [0.05, 0.1) is 61.9 Å². The summed E-state index contributed by atoms with van der Waals surface area (Å²) in [6.45, 7) is 7.62. The zero-order valence-electron chi connectivity index (χ0n) is 51.4. The summed E-state index contributed by atoms with van der Waals surface area (Å²) >= 11 is 18.5. The number of urea groups is 2. The molecule has 4 atom stereocenters. The Bertz CT molecular complexity index is 4510. The van der Waals surface area contributed by atoms with Crippen molar-refractivity contribution < 1.29 is 47.0 Å². The molecule has 2 N–H and O–H groups in total. The van der Waals surface area contributed by atoms with E-state index in [2.05, 4.69) is 40.4 Å². The van der Waals surface area contributed by atoms with E-state index in [0.717, 1.165) is 5.56 Å². The molecule has 0 radical (unpaired) electrons. The second-order valence-corrected chi connectivity index (χ2v) is 27.0. The number of hydrogen-bond donors (Lipinski definition) is 2. The Labute approximate surface area is 573 Å². The lowest BCUT2D eigenvalue weighted by Crippen LogP contribution is -2.53. The highest BCUT2D eigenvalue weighted by atomic mass is 35.5. The topological polar surface area (TPSA) is 266 Å². The monoisotopic (exact) mass is 1410 g/mol. The fourth-order valence-corrected chi connectivity index (χ4v) is 15.5. The maximum absolute atomic E-state index is 14.0. The third-order valence-corrected chi connectivity index (χ3v) is 20.7. The number of carbonyl (C=O) groups excluding carboxylic acids is 6. The molecule has 2 aromatic carbocycles. The highest BCUT2D eigenvalue weighted by Gasteiger charge is 2.46. The number of anilines is 2. The van der Waals surface area contributed by atoms with Gasteiger partial charge in [-0.1, -0.05) is 35.3 Å². The van der Waals surface area contributed by atoms with Gasteiger partial charge in [-0.2, -0.15) is 0 Å². The van der Waals surface area contributed by atoms with Gasteiger partial charge in [0.1, 0.15) is 29.4 Å². The van der Waals surface area contributed by atoms with Gasteiger partial charge in [0.2, 0.25) is 0 Å². The smallest absolute Gasteiger partial charge is 0.338 e. The van der Waals surface area contributed by atoms with E-state index in [1.165, 1.54) is 116 Å². The summed E-state index contributed by atoms with van der Waals surface area (Å²) in [7, 11) is 2.60. The molecular weight excluding hydrogens is 1360 g/mol. The fraction of sp³-hybridized carbons (Fsp3) is 0.281. The molecule has 96 heavy (non-hydrogen) atoms. The highest BCUT2D eigenvalue weighted by Crippen LogP contribution is 2.41. The van der Waals surface area contributed by atoms with Gasteiger partial charge >= 0.3 is 24.0 Å². The van der Waals surface area contributed by atoms with E-state index in [0.29, 0.717) is 148 Å². The number of amidine groups is 2. The molecule has 6 aliphatic heterocycles. The van der Waals surface area contributed by atoms with E-state index < -0.39 is 35.7 Å². The van der Waals surface area contributed by atoms with Crippen LogP contribution in [-0.4, -0.2) is 188 Å². The SMILES string of the molecule is COC(=O)C1=C(CN2CCN3C(=O)N(c4nc(-c5ccc(C(C)=O)nc5)cs4)C[C@@H]3C2)NC(c2nccs2)=N[C@H]1c1ccc(F)cc1Cl.COC(=O)C1=C(CN2CCN3C(=O)N(c4nc(-c5cncc(C(C)=O)c5)cs4)C[C@@H]3C2)NC(c2nccs2)=N[C@H]1c1ccc(F)cc1Cl. The number of ether oxygens (including phenoxy) is 2. The number of rotatable bonds is 16. The van der Waals surface area contributed by atoms with Gasteiger partial charge in [0, 0.05) is 161 Å². The molecule has 32 heteroatoms. The van der Waals surface area contributed by atoms with Crippen LogP contribution in [0, 0.1) is 11.6 Å². The lowest BCUT2D eigenvalue weighted by molar-refractivity contribution is -0.137. The Hall–Kier alpha value is -9.14. The summed E-state index contributed by atoms with van der Waals surface area (Å²) in [4.78, 5) is 125. The Morgan fingerprint density at radius 1 is 0.594 bits per heavy atom. The Morgan fingerprint density at radius 3 is 1.52 bits per heavy atom. The van der Waals surface area contributed by atoms with Gasteiger partial charge in [-0.25, -0.2) is 47.9 Å². The number of nitrogens with zero attached hydrogens (tertiary/aromatic N) is 14. The van der Waals surface area contributed by atoms with E-state index in [9.17, 15) is 37.5 Å². The number of benzene rings is 2. The number of amides is 4. The van der Waals surface area contributed by atoms with Crippen LogP contribution in [0.3, 0.4) is 0 Å². The summed E-state index contributed by atoms with van der Waals surface area (Å²) in [5.74, 6) is -1.46. The molecule has 492 valence electrons. The molecule has 24 nitrogen and oxygen atoms in total. The van der Waals surface area contributed by atoms with Crippen molar-refractivity contribution in [2.45, 2.75) is 38.0 Å². The number of Topliss-reactive ketones (excluding diaryl/α,β-unsaturated/α-hetero) is 2. The van der Waals surface area contributed by atoms with Crippen LogP contribution in [0.4, 0.5) is 28.6 Å². The number of pyridine rings is 2. The second-order valence-electron chi connectivity index (χ2n) is 22.8. The molecule has 0 aliphatic carbocycles. The summed E-state index contributed by atoms with van der Waals surface area (Å²) in [6.07, 6.45) is 8.10. The first-order valence-corrected chi connectivity index (χ1v) is 34.1. The van der Waals surface area contributed by atoms with Crippen molar-refractivity contribution in [3.05, 3.63) is 184 Å². The molecule has 12 heterocycles. The third-order valence-electron chi connectivity index (χ3n) is 16.8. The maximum Gasteiger partial charge on any atom is 0.338 e. The molecule has 0 unspecified atom stereocenters. The Kier molecular flexibility index (Phi) is 19.0. The summed E-state index contributed by atoms with van der Waals surface area (Å²) in [5, 5.41) is 16.7. The number of esters is 2. The predicted molar refractivity (Wildman–Crippen MR) is 360 cm³/mol. The minimum Gasteiger partial charge on any atom is -0.466 e. The largest absolute Gasteiger partial charge is 0.466 e. The van der Waals surface area contributed by atoms with Gasteiger partial charge in [-0.05, 0) is 49.4 Å². The molecule has 6 aliphatic rings. The van der Waals surface area contributed by atoms with Crippen molar-refractivity contribution >= 4 is 126 Å². The van der Waals surface area contributed by atoms with Crippen molar-refractivity contribution in [3.63, 3.8) is 0 Å². The zero-order chi connectivity index (χ0) is 67.1. The van der Waals surface area contributed by atoms with Crippen LogP contribution < -0.4 is 20.4 Å². The average Bonchev–Trinajstić information content (AvgIpc) is 0.965. The summed E-state index contributed by atoms with van der Waals surface area (Å²) < 4.78 is 38.4. The number of hydrogen-bond acceptors (Lipinski definition) is 24. The van der Waals surface area contributed by atoms with Crippen molar-refractivity contribution in [3.8, 4) is 22.5 Å². The molecular formula is C64H56Cl2F2N16O8S4. The molecule has 8 aromatic rings. The van der Waals surface area contributed by atoms with Crippen molar-refractivity contribution in [1.82, 2.24) is 60.1 Å². The Morgan fingerprint density at radius 2 is 1.09 bits per heavy atom. The van der Waals surface area contributed by atoms with Crippen LogP contribution in [0.25, 0.3) is 22.5 Å². The number of aliphatic imine (C=N–C) groups is 2. The number of nitrogens with one attached hydrogen (secondary N) is 2. The third kappa shape index (κ3) is 13.4. The van der Waals surface area contributed by atoms with Crippen molar-refractivity contribution in [2.24, 2.45) is 9.98 Å². The van der Waals surface area contributed by atoms with E-state index in [1.807, 2.05) is 31.3 Å². The number of aromatic nitrogens is 6. The predicted octanol–water partition coefficient (Wildman–Crippen LogP) is 9.60. The number of methoxy groups -OCH3 is 2. The standard InChI is InChI=1S/2C32H28ClFN8O4S2/c1-17(43)23-6-3-18(12-36-23)25-16-48-31(38-25)42-14-20-13-40(8-9-41(20)32(42)45)15-24-26(30(44)46-2)27(21-5-4-19(34)11-22(21)33)39-28(37-24)29-35-7-10-47-29;1-17(43)18-9-19(12-35-11-18)25-16-48-31(38-25)42-14-21-13-40(6-7-41(21)32(42)45)15-24-26(30(44)46-2)27(22-4-3-20(34)10-23(22)33)39-28(37-24)29-36-5-8-47-29/h3-7,10-12,16,20,27H,8-9,13-15H2,1-2H3,(H,37,39);3-5,8-12,16,21,27H,6-7,13-15H2,1-2H3,(H,37,39)/t20-,27-;21-,27-/m00/s1. The lowest BCUT2D eigenvalue weighted by atomic mass is 9.95. The first-order chi connectivity index (χ1) is 46.4. The van der Waals surface area contributed by atoms with Crippen molar-refractivity contribution in [2.75, 3.05) is 89.5 Å². The number of halogens is 4. The molecule has 4 fully saturated rings. The molecule has 4 saturated heterocycles. The van der Waals surface area contributed by atoms with Crippen LogP contribution in [0.2, 0.25) is 10.0 Å². The minimum absolute atomic E-state index is 0.0877. The van der Waals surface area contributed by atoms with Gasteiger partial charge in [-0.3, -0.25) is 49.1 Å². The van der Waals surface area contributed by atoms with E-state index in [4.69, 9.17) is 52.6 Å². The van der Waals surface area contributed by atoms with Crippen LogP contribution in [0.5, 0.6) is 0 Å². The number of carbonyl (C=O) groups is 6. The average molecular weight is 1410 g/mol. The lowest BCUT2D eigenvalue weighted by Gasteiger charge is -2.38. The maximum atomic E-state index is 14.0. The van der Waals surface area contributed by atoms with Crippen LogP contribution in [0.15, 0.2) is 140 Å². The summed E-state index contributed by atoms with van der Waals surface area (Å²) in [6, 6.07) is 11.0. The second kappa shape index (κ2) is 27.9. The van der Waals surface area contributed by atoms with Gasteiger partial charge in [0.15, 0.2) is 43.5 Å². The minimum atomic E-state index is -0.865. The normalized spacial score (nSPS) is 19.7. The van der Waals surface area contributed by atoms with E-state index in [1.54, 1.807) is 52.8 Å². The van der Waals surface area contributed by atoms with E-state index >= 15 is 0 Å². The van der Waals surface area contributed by atoms with Crippen LogP contribution in [0.1, 0.15) is 67.9 Å². The van der Waals surface area contributed by atoms with Gasteiger partial charge < -0.3 is 29.9 Å². The highest BCUT2D eigenvalue weighted by molar-refractivity contribution is 7.14. The molecule has 14 rings (SSSR count). The van der Waals surface area contributed by atoms with Crippen molar-refractivity contribution in [1.29, 1.82) is 0 Å². The molecule has 0 saturated carbocycles. The van der Waals surface area contributed by atoms with E-state index in [-0.39, 0.29) is 56.9 Å². The van der Waals surface area contributed by atoms with Gasteiger partial charge in [-0.15, -0.1) is 45.3 Å². The van der Waals surface area contributed by atoms with Crippen LogP contribution >= 0.6 is 68.5 Å². The number of thiazole rings is 4. The Balaban J connectivity index is 0.000000174. The number of piperazine rings is 2. The zero-order valence-corrected chi connectivity index (χ0v) is 56.2.